The number of aryl methyl sites for hydroxylation is 1. The van der Waals surface area contributed by atoms with E-state index in [-0.39, 0.29) is 0 Å². The Kier molecular flexibility index (Phi) is 3.29. The molecule has 1 heterocycles. The highest BCUT2D eigenvalue weighted by Gasteiger charge is 2.06. The summed E-state index contributed by atoms with van der Waals surface area (Å²) < 4.78 is 0. The summed E-state index contributed by atoms with van der Waals surface area (Å²) in [5.74, 6) is 0. The summed E-state index contributed by atoms with van der Waals surface area (Å²) in [5.41, 5.74) is 9.14. The number of nitrogens with one attached hydrogen (secondary N) is 1. The Balaban J connectivity index is 2.74. The lowest BCUT2D eigenvalue weighted by Crippen LogP contribution is -2.04. The first-order chi connectivity index (χ1) is 5.79. The molecule has 0 fully saturated rings. The highest BCUT2D eigenvalue weighted by Crippen LogP contribution is 2.11. The van der Waals surface area contributed by atoms with Crippen LogP contribution in [-0.4, -0.2) is 16.7 Å². The van der Waals surface area contributed by atoms with Crippen molar-refractivity contribution in [2.24, 2.45) is 5.73 Å². The lowest BCUT2D eigenvalue weighted by atomic mass is 10.1. The summed E-state index contributed by atoms with van der Waals surface area (Å²) in [4.78, 5) is 0. The van der Waals surface area contributed by atoms with Crippen LogP contribution in [0.25, 0.3) is 0 Å². The molecule has 3 heteroatoms. The molecule has 0 atom stereocenters. The Bertz CT molecular complexity index is 216. The van der Waals surface area contributed by atoms with Gasteiger partial charge >= 0.3 is 0 Å². The van der Waals surface area contributed by atoms with Gasteiger partial charge in [-0.15, -0.1) is 0 Å². The Morgan fingerprint density at radius 1 is 1.42 bits per heavy atom. The fraction of sp³-hybridized carbons (Fsp3) is 0.667. The molecule has 0 aliphatic rings. The zero-order valence-corrected chi connectivity index (χ0v) is 7.85. The molecule has 0 saturated heterocycles. The van der Waals surface area contributed by atoms with Gasteiger partial charge < -0.3 is 5.73 Å². The summed E-state index contributed by atoms with van der Waals surface area (Å²) in [5, 5.41) is 7.27. The lowest BCUT2D eigenvalue weighted by Gasteiger charge is -1.96. The largest absolute Gasteiger partial charge is 0.330 e. The van der Waals surface area contributed by atoms with E-state index in [2.05, 4.69) is 24.0 Å². The van der Waals surface area contributed by atoms with E-state index < -0.39 is 0 Å². The lowest BCUT2D eigenvalue weighted by molar-refractivity contribution is 0.854. The van der Waals surface area contributed by atoms with E-state index in [1.165, 1.54) is 11.3 Å². The van der Waals surface area contributed by atoms with E-state index in [0.29, 0.717) is 6.54 Å². The van der Waals surface area contributed by atoms with Crippen LogP contribution in [0.3, 0.4) is 0 Å². The maximum Gasteiger partial charge on any atom is 0.0666 e. The standard InChI is InChI=1S/C9H17N3/c1-3-4-8-7(2)9(5-6-10)12-11-8/h3-6,10H2,1-2H3,(H,11,12). The second-order valence-electron chi connectivity index (χ2n) is 3.06. The van der Waals surface area contributed by atoms with Crippen LogP contribution in [0.4, 0.5) is 0 Å². The van der Waals surface area contributed by atoms with Gasteiger partial charge in [0.2, 0.25) is 0 Å². The van der Waals surface area contributed by atoms with E-state index in [1.54, 1.807) is 0 Å². The second kappa shape index (κ2) is 4.26. The minimum atomic E-state index is 0.678. The molecule has 0 spiro atoms. The van der Waals surface area contributed by atoms with E-state index in [4.69, 9.17) is 5.73 Å². The van der Waals surface area contributed by atoms with Gasteiger partial charge in [-0.05, 0) is 25.5 Å². The smallest absolute Gasteiger partial charge is 0.0666 e. The topological polar surface area (TPSA) is 54.7 Å². The third kappa shape index (κ3) is 1.85. The molecule has 0 aliphatic carbocycles. The molecule has 12 heavy (non-hydrogen) atoms. The first kappa shape index (κ1) is 9.26. The fourth-order valence-corrected chi connectivity index (χ4v) is 1.35. The number of hydrogen-bond donors (Lipinski definition) is 2. The molecule has 1 rings (SSSR count). The van der Waals surface area contributed by atoms with Gasteiger partial charge in [-0.3, -0.25) is 5.10 Å². The summed E-state index contributed by atoms with van der Waals surface area (Å²) >= 11 is 0. The Morgan fingerprint density at radius 3 is 2.75 bits per heavy atom. The SMILES string of the molecule is CCCc1[nH]nc(CCN)c1C. The molecule has 1 aromatic rings. The summed E-state index contributed by atoms with van der Waals surface area (Å²) in [7, 11) is 0. The maximum absolute atomic E-state index is 5.46. The van der Waals surface area contributed by atoms with Gasteiger partial charge in [0, 0.05) is 12.1 Å². The zero-order chi connectivity index (χ0) is 8.97. The average Bonchev–Trinajstić information content (AvgIpc) is 2.38. The van der Waals surface area contributed by atoms with Crippen LogP contribution < -0.4 is 5.73 Å². The van der Waals surface area contributed by atoms with Gasteiger partial charge in [0.15, 0.2) is 0 Å². The number of rotatable bonds is 4. The molecular formula is C9H17N3. The van der Waals surface area contributed by atoms with E-state index >= 15 is 0 Å². The first-order valence-electron chi connectivity index (χ1n) is 4.52. The molecule has 0 bridgehead atoms. The predicted molar refractivity (Wildman–Crippen MR) is 50.1 cm³/mol. The van der Waals surface area contributed by atoms with Crippen molar-refractivity contribution >= 4 is 0 Å². The van der Waals surface area contributed by atoms with Gasteiger partial charge in [0.25, 0.3) is 0 Å². The number of nitrogens with zero attached hydrogens (tertiary/aromatic N) is 1. The van der Waals surface area contributed by atoms with Crippen molar-refractivity contribution in [2.45, 2.75) is 33.1 Å². The third-order valence-corrected chi connectivity index (χ3v) is 2.09. The van der Waals surface area contributed by atoms with Gasteiger partial charge in [-0.25, -0.2) is 0 Å². The molecule has 0 radical (unpaired) electrons. The number of aromatic nitrogens is 2. The molecule has 0 saturated carbocycles. The van der Waals surface area contributed by atoms with Crippen LogP contribution in [0.1, 0.15) is 30.3 Å². The second-order valence-corrected chi connectivity index (χ2v) is 3.06. The minimum Gasteiger partial charge on any atom is -0.330 e. The van der Waals surface area contributed by atoms with Crippen molar-refractivity contribution in [3.63, 3.8) is 0 Å². The highest BCUT2D eigenvalue weighted by atomic mass is 15.1. The Morgan fingerprint density at radius 2 is 2.17 bits per heavy atom. The van der Waals surface area contributed by atoms with Crippen molar-refractivity contribution in [3.8, 4) is 0 Å². The maximum atomic E-state index is 5.46. The van der Waals surface area contributed by atoms with Gasteiger partial charge in [-0.1, -0.05) is 13.3 Å². The van der Waals surface area contributed by atoms with Gasteiger partial charge in [0.1, 0.15) is 0 Å². The number of nitrogens with two attached hydrogens (primary N) is 1. The molecule has 3 N–H and O–H groups in total. The van der Waals surface area contributed by atoms with Crippen LogP contribution >= 0.6 is 0 Å². The number of aromatic amines is 1. The van der Waals surface area contributed by atoms with Crippen molar-refractivity contribution in [1.29, 1.82) is 0 Å². The number of hydrogen-bond acceptors (Lipinski definition) is 2. The van der Waals surface area contributed by atoms with Crippen LogP contribution in [-0.2, 0) is 12.8 Å². The monoisotopic (exact) mass is 167 g/mol. The zero-order valence-electron chi connectivity index (χ0n) is 7.85. The summed E-state index contributed by atoms with van der Waals surface area (Å²) in [6.07, 6.45) is 3.13. The number of H-pyrrole nitrogens is 1. The predicted octanol–water partition coefficient (Wildman–Crippen LogP) is 1.17. The fourth-order valence-electron chi connectivity index (χ4n) is 1.35. The molecule has 68 valence electrons. The Labute approximate surface area is 73.4 Å². The molecule has 0 aromatic carbocycles. The van der Waals surface area contributed by atoms with Crippen LogP contribution in [0.5, 0.6) is 0 Å². The molecule has 3 nitrogen and oxygen atoms in total. The van der Waals surface area contributed by atoms with Crippen molar-refractivity contribution < 1.29 is 0 Å². The van der Waals surface area contributed by atoms with Crippen LogP contribution in [0.2, 0.25) is 0 Å². The van der Waals surface area contributed by atoms with Crippen LogP contribution in [0.15, 0.2) is 0 Å². The molecule has 0 aliphatic heterocycles. The van der Waals surface area contributed by atoms with Crippen molar-refractivity contribution in [1.82, 2.24) is 10.2 Å². The van der Waals surface area contributed by atoms with Crippen LogP contribution in [0, 0.1) is 6.92 Å². The van der Waals surface area contributed by atoms with Gasteiger partial charge in [-0.2, -0.15) is 5.10 Å². The van der Waals surface area contributed by atoms with Crippen molar-refractivity contribution in [3.05, 3.63) is 17.0 Å². The third-order valence-electron chi connectivity index (χ3n) is 2.09. The average molecular weight is 167 g/mol. The van der Waals surface area contributed by atoms with Crippen molar-refractivity contribution in [2.75, 3.05) is 6.54 Å². The summed E-state index contributed by atoms with van der Waals surface area (Å²) in [6, 6.07) is 0. The normalized spacial score (nSPS) is 10.6. The van der Waals surface area contributed by atoms with E-state index in [1.807, 2.05) is 0 Å². The van der Waals surface area contributed by atoms with E-state index in [9.17, 15) is 0 Å². The molecule has 0 unspecified atom stereocenters. The highest BCUT2D eigenvalue weighted by molar-refractivity contribution is 5.23. The molecule has 1 aromatic heterocycles. The first-order valence-corrected chi connectivity index (χ1v) is 4.52. The molecule has 0 amide bonds. The minimum absolute atomic E-state index is 0.678. The van der Waals surface area contributed by atoms with Gasteiger partial charge in [0.05, 0.1) is 5.69 Å². The Hall–Kier alpha value is -0.830. The van der Waals surface area contributed by atoms with E-state index in [0.717, 1.165) is 25.0 Å². The molecular weight excluding hydrogens is 150 g/mol. The summed E-state index contributed by atoms with van der Waals surface area (Å²) in [6.45, 7) is 4.96. The quantitative estimate of drug-likeness (QED) is 0.707.